The smallest absolute Gasteiger partial charge is 0.341 e. The Morgan fingerprint density at radius 1 is 0.971 bits per heavy atom. The summed E-state index contributed by atoms with van der Waals surface area (Å²) < 4.78 is 17.8. The van der Waals surface area contributed by atoms with Crippen molar-refractivity contribution in [1.29, 1.82) is 0 Å². The highest BCUT2D eigenvalue weighted by molar-refractivity contribution is 5.76. The lowest BCUT2D eigenvalue weighted by atomic mass is 9.93. The SMILES string of the molecule is O=C(O)COc1cccc(CC2CCOC2c2nc(-c3ccccc3)c(-c3ccccc3)o2)c1. The number of nitrogens with zero attached hydrogens (tertiary/aromatic N) is 1. The van der Waals surface area contributed by atoms with E-state index in [1.54, 1.807) is 6.07 Å². The van der Waals surface area contributed by atoms with Gasteiger partial charge in [-0.1, -0.05) is 72.8 Å². The van der Waals surface area contributed by atoms with E-state index < -0.39 is 5.97 Å². The van der Waals surface area contributed by atoms with Gasteiger partial charge in [0, 0.05) is 23.7 Å². The lowest BCUT2D eigenvalue weighted by Crippen LogP contribution is -2.12. The summed E-state index contributed by atoms with van der Waals surface area (Å²) in [5, 5.41) is 8.86. The zero-order chi connectivity index (χ0) is 23.3. The van der Waals surface area contributed by atoms with Gasteiger partial charge in [-0.3, -0.25) is 0 Å². The third-order valence-corrected chi connectivity index (χ3v) is 5.94. The molecule has 0 amide bonds. The highest BCUT2D eigenvalue weighted by Crippen LogP contribution is 2.41. The molecule has 0 saturated carbocycles. The second-order valence-electron chi connectivity index (χ2n) is 8.34. The number of benzene rings is 3. The van der Waals surface area contributed by atoms with Gasteiger partial charge in [0.05, 0.1) is 0 Å². The number of rotatable bonds is 8. The van der Waals surface area contributed by atoms with Gasteiger partial charge in [-0.2, -0.15) is 0 Å². The molecule has 0 spiro atoms. The number of carboxylic acid groups (broad SMARTS) is 1. The average Bonchev–Trinajstić information content (AvgIpc) is 3.51. The molecule has 1 aliphatic heterocycles. The second-order valence-corrected chi connectivity index (χ2v) is 8.34. The highest BCUT2D eigenvalue weighted by Gasteiger charge is 2.35. The van der Waals surface area contributed by atoms with E-state index in [0.29, 0.717) is 18.2 Å². The minimum Gasteiger partial charge on any atom is -0.482 e. The van der Waals surface area contributed by atoms with E-state index in [1.165, 1.54) is 0 Å². The molecule has 1 fully saturated rings. The van der Waals surface area contributed by atoms with Crippen molar-refractivity contribution in [3.8, 4) is 28.3 Å². The van der Waals surface area contributed by atoms with E-state index in [2.05, 4.69) is 0 Å². The van der Waals surface area contributed by atoms with Crippen LogP contribution in [0, 0.1) is 5.92 Å². The molecule has 2 heterocycles. The van der Waals surface area contributed by atoms with Crippen molar-refractivity contribution < 1.29 is 23.8 Å². The van der Waals surface area contributed by atoms with E-state index in [0.717, 1.165) is 41.0 Å². The third-order valence-electron chi connectivity index (χ3n) is 5.94. The van der Waals surface area contributed by atoms with Crippen molar-refractivity contribution in [3.63, 3.8) is 0 Å². The molecule has 2 unspecified atom stereocenters. The van der Waals surface area contributed by atoms with Crippen LogP contribution in [-0.2, 0) is 16.0 Å². The second kappa shape index (κ2) is 9.93. The number of oxazole rings is 1. The topological polar surface area (TPSA) is 81.8 Å². The maximum atomic E-state index is 10.8. The van der Waals surface area contributed by atoms with E-state index in [4.69, 9.17) is 24.0 Å². The van der Waals surface area contributed by atoms with Crippen LogP contribution >= 0.6 is 0 Å². The summed E-state index contributed by atoms with van der Waals surface area (Å²) in [6, 6.07) is 27.6. The maximum absolute atomic E-state index is 10.8. The van der Waals surface area contributed by atoms with Crippen LogP contribution < -0.4 is 4.74 Å². The fourth-order valence-electron chi connectivity index (χ4n) is 4.36. The van der Waals surface area contributed by atoms with Crippen molar-refractivity contribution in [1.82, 2.24) is 4.98 Å². The van der Waals surface area contributed by atoms with Crippen LogP contribution in [0.1, 0.15) is 24.0 Å². The van der Waals surface area contributed by atoms with Crippen molar-refractivity contribution in [2.75, 3.05) is 13.2 Å². The number of carboxylic acids is 1. The Morgan fingerprint density at radius 2 is 1.71 bits per heavy atom. The van der Waals surface area contributed by atoms with E-state index >= 15 is 0 Å². The fraction of sp³-hybridized carbons (Fsp3) is 0.214. The molecule has 1 aromatic heterocycles. The molecule has 0 bridgehead atoms. The van der Waals surface area contributed by atoms with Gasteiger partial charge < -0.3 is 19.0 Å². The minimum absolute atomic E-state index is 0.181. The van der Waals surface area contributed by atoms with Crippen LogP contribution in [0.25, 0.3) is 22.6 Å². The molecule has 3 aromatic carbocycles. The van der Waals surface area contributed by atoms with Crippen molar-refractivity contribution in [2.45, 2.75) is 18.9 Å². The third kappa shape index (κ3) is 4.87. The molecule has 5 rings (SSSR count). The molecule has 2 atom stereocenters. The van der Waals surface area contributed by atoms with E-state index in [-0.39, 0.29) is 18.6 Å². The Bertz CT molecular complexity index is 1200. The monoisotopic (exact) mass is 455 g/mol. The maximum Gasteiger partial charge on any atom is 0.341 e. The van der Waals surface area contributed by atoms with Crippen molar-refractivity contribution in [2.24, 2.45) is 5.92 Å². The predicted octanol–water partition coefficient (Wildman–Crippen LogP) is 5.79. The van der Waals surface area contributed by atoms with Crippen LogP contribution in [0.5, 0.6) is 5.75 Å². The standard InChI is InChI=1S/C28H25NO5/c30-24(31)18-33-23-13-7-8-19(17-23)16-22-14-15-32-27(22)28-29-25(20-9-3-1-4-10-20)26(34-28)21-11-5-2-6-12-21/h1-13,17,22,27H,14-16,18H2,(H,30,31). The fourth-order valence-corrected chi connectivity index (χ4v) is 4.36. The average molecular weight is 456 g/mol. The van der Waals surface area contributed by atoms with Gasteiger partial charge in [-0.15, -0.1) is 0 Å². The molecule has 1 N–H and O–H groups in total. The predicted molar refractivity (Wildman–Crippen MR) is 127 cm³/mol. The summed E-state index contributed by atoms with van der Waals surface area (Å²) in [5.74, 6) is 1.05. The zero-order valence-corrected chi connectivity index (χ0v) is 18.6. The summed E-state index contributed by atoms with van der Waals surface area (Å²) >= 11 is 0. The summed E-state index contributed by atoms with van der Waals surface area (Å²) in [4.78, 5) is 15.7. The van der Waals surface area contributed by atoms with Crippen LogP contribution in [0.3, 0.4) is 0 Å². The molecular weight excluding hydrogens is 430 g/mol. The Morgan fingerprint density at radius 3 is 2.44 bits per heavy atom. The van der Waals surface area contributed by atoms with Crippen molar-refractivity contribution in [3.05, 3.63) is 96.4 Å². The van der Waals surface area contributed by atoms with Crippen LogP contribution in [0.2, 0.25) is 0 Å². The van der Waals surface area contributed by atoms with Crippen LogP contribution in [0.4, 0.5) is 0 Å². The normalized spacial score (nSPS) is 17.5. The Hall–Kier alpha value is -3.90. The Labute approximate surface area is 197 Å². The van der Waals surface area contributed by atoms with E-state index in [1.807, 2.05) is 78.9 Å². The molecule has 6 nitrogen and oxygen atoms in total. The molecule has 0 aliphatic carbocycles. The number of aliphatic carboxylic acids is 1. The van der Waals surface area contributed by atoms with Crippen LogP contribution in [-0.4, -0.2) is 29.3 Å². The molecule has 34 heavy (non-hydrogen) atoms. The first-order valence-corrected chi connectivity index (χ1v) is 11.3. The number of ether oxygens (including phenoxy) is 2. The molecular formula is C28H25NO5. The first-order valence-electron chi connectivity index (χ1n) is 11.3. The minimum atomic E-state index is -0.998. The largest absolute Gasteiger partial charge is 0.482 e. The highest BCUT2D eigenvalue weighted by atomic mass is 16.5. The zero-order valence-electron chi connectivity index (χ0n) is 18.6. The first kappa shape index (κ1) is 21.9. The van der Waals surface area contributed by atoms with Gasteiger partial charge in [0.15, 0.2) is 12.4 Å². The van der Waals surface area contributed by atoms with Crippen molar-refractivity contribution >= 4 is 5.97 Å². The lowest BCUT2D eigenvalue weighted by molar-refractivity contribution is -0.139. The van der Waals surface area contributed by atoms with Gasteiger partial charge in [0.1, 0.15) is 17.5 Å². The van der Waals surface area contributed by atoms with Gasteiger partial charge in [0.2, 0.25) is 5.89 Å². The van der Waals surface area contributed by atoms with Crippen LogP contribution in [0.15, 0.2) is 89.3 Å². The summed E-state index contributed by atoms with van der Waals surface area (Å²) in [7, 11) is 0. The van der Waals surface area contributed by atoms with Gasteiger partial charge in [-0.05, 0) is 30.5 Å². The lowest BCUT2D eigenvalue weighted by Gasteiger charge is -2.16. The van der Waals surface area contributed by atoms with Gasteiger partial charge >= 0.3 is 5.97 Å². The summed E-state index contributed by atoms with van der Waals surface area (Å²) in [6.45, 7) is 0.272. The number of aromatic nitrogens is 1. The van der Waals surface area contributed by atoms with Gasteiger partial charge in [0.25, 0.3) is 0 Å². The molecule has 1 aliphatic rings. The summed E-state index contributed by atoms with van der Waals surface area (Å²) in [5.41, 5.74) is 3.83. The molecule has 1 saturated heterocycles. The quantitative estimate of drug-likeness (QED) is 0.362. The number of hydrogen-bond donors (Lipinski definition) is 1. The molecule has 0 radical (unpaired) electrons. The molecule has 6 heteroatoms. The van der Waals surface area contributed by atoms with E-state index in [9.17, 15) is 4.79 Å². The molecule has 172 valence electrons. The summed E-state index contributed by atoms with van der Waals surface area (Å²) in [6.07, 6.45) is 1.37. The van der Waals surface area contributed by atoms with Gasteiger partial charge in [-0.25, -0.2) is 9.78 Å². The Kier molecular flexibility index (Phi) is 6.40. The number of carbonyl (C=O) groups is 1. The molecule has 4 aromatic rings. The Balaban J connectivity index is 1.43. The first-order chi connectivity index (χ1) is 16.7. The number of hydrogen-bond acceptors (Lipinski definition) is 5.